The van der Waals surface area contributed by atoms with Crippen molar-refractivity contribution in [2.75, 3.05) is 38.7 Å². The summed E-state index contributed by atoms with van der Waals surface area (Å²) < 4.78 is 5.03. The van der Waals surface area contributed by atoms with Crippen molar-refractivity contribution < 1.29 is 4.74 Å². The van der Waals surface area contributed by atoms with E-state index in [4.69, 9.17) is 4.74 Å². The average Bonchev–Trinajstić information content (AvgIpc) is 2.11. The molecule has 0 rings (SSSR count). The molecule has 0 saturated heterocycles. The summed E-state index contributed by atoms with van der Waals surface area (Å²) in [6.45, 7) is 6.44. The molecule has 0 aliphatic rings. The zero-order chi connectivity index (χ0) is 9.23. The highest BCUT2D eigenvalue weighted by atomic mass is 79.9. The van der Waals surface area contributed by atoms with Crippen LogP contribution in [0.4, 0.5) is 0 Å². The predicted molar refractivity (Wildman–Crippen MR) is 57.0 cm³/mol. The zero-order valence-electron chi connectivity index (χ0n) is 8.18. The second-order valence-electron chi connectivity index (χ2n) is 2.82. The molecule has 0 aliphatic carbocycles. The number of likely N-dealkylation sites (N-methyl/N-ethyl adjacent to an activating group) is 1. The number of hydrogen-bond donors (Lipinski definition) is 0. The second-order valence-corrected chi connectivity index (χ2v) is 3.62. The maximum Gasteiger partial charge on any atom is 0.0589 e. The van der Waals surface area contributed by atoms with E-state index in [1.807, 2.05) is 0 Å². The van der Waals surface area contributed by atoms with Crippen molar-refractivity contribution in [1.29, 1.82) is 0 Å². The Morgan fingerprint density at radius 1 is 1.25 bits per heavy atom. The van der Waals surface area contributed by atoms with Crippen molar-refractivity contribution >= 4 is 15.9 Å². The van der Waals surface area contributed by atoms with Gasteiger partial charge in [0.1, 0.15) is 0 Å². The number of ether oxygens (including phenoxy) is 1. The summed E-state index contributed by atoms with van der Waals surface area (Å²) in [6, 6.07) is 0. The summed E-state index contributed by atoms with van der Waals surface area (Å²) in [6.07, 6.45) is 2.55. The third-order valence-electron chi connectivity index (χ3n) is 1.92. The maximum atomic E-state index is 5.03. The van der Waals surface area contributed by atoms with Gasteiger partial charge in [-0.25, -0.2) is 0 Å². The minimum atomic E-state index is 0.849. The molecule has 0 saturated carbocycles. The Hall–Kier alpha value is 0.400. The van der Waals surface area contributed by atoms with E-state index in [0.29, 0.717) is 0 Å². The van der Waals surface area contributed by atoms with Crippen molar-refractivity contribution in [1.82, 2.24) is 4.90 Å². The predicted octanol–water partition coefficient (Wildman–Crippen LogP) is 2.13. The van der Waals surface area contributed by atoms with E-state index in [1.165, 1.54) is 19.4 Å². The number of nitrogens with zero attached hydrogens (tertiary/aromatic N) is 1. The van der Waals surface area contributed by atoms with Crippen LogP contribution in [0.15, 0.2) is 0 Å². The molecule has 0 heterocycles. The Bertz CT molecular complexity index is 90.6. The largest absolute Gasteiger partial charge is 0.383 e. The number of unbranched alkanes of at least 4 members (excludes halogenated alkanes) is 1. The van der Waals surface area contributed by atoms with Gasteiger partial charge in [0.15, 0.2) is 0 Å². The molecular weight excluding hydrogens is 218 g/mol. The van der Waals surface area contributed by atoms with Gasteiger partial charge in [-0.1, -0.05) is 22.9 Å². The maximum absolute atomic E-state index is 5.03. The first-order chi connectivity index (χ1) is 5.85. The molecule has 2 nitrogen and oxygen atoms in total. The Morgan fingerprint density at radius 3 is 2.50 bits per heavy atom. The van der Waals surface area contributed by atoms with E-state index in [-0.39, 0.29) is 0 Å². The second kappa shape index (κ2) is 9.49. The molecule has 0 radical (unpaired) electrons. The van der Waals surface area contributed by atoms with E-state index >= 15 is 0 Å². The van der Waals surface area contributed by atoms with E-state index in [1.54, 1.807) is 7.11 Å². The minimum Gasteiger partial charge on any atom is -0.383 e. The third kappa shape index (κ3) is 7.07. The monoisotopic (exact) mass is 237 g/mol. The first-order valence-corrected chi connectivity index (χ1v) is 5.74. The van der Waals surface area contributed by atoms with Gasteiger partial charge >= 0.3 is 0 Å². The molecule has 0 bridgehead atoms. The molecule has 0 aromatic carbocycles. The van der Waals surface area contributed by atoms with Crippen LogP contribution in [0.1, 0.15) is 19.8 Å². The topological polar surface area (TPSA) is 12.5 Å². The number of alkyl halides is 1. The fourth-order valence-corrected chi connectivity index (χ4v) is 1.47. The third-order valence-corrected chi connectivity index (χ3v) is 2.48. The molecule has 74 valence electrons. The highest BCUT2D eigenvalue weighted by molar-refractivity contribution is 9.09. The first-order valence-electron chi connectivity index (χ1n) is 4.62. The number of halogens is 1. The smallest absolute Gasteiger partial charge is 0.0589 e. The summed E-state index contributed by atoms with van der Waals surface area (Å²) in [5.74, 6) is 0. The highest BCUT2D eigenvalue weighted by Crippen LogP contribution is 1.97. The fourth-order valence-electron chi connectivity index (χ4n) is 1.08. The van der Waals surface area contributed by atoms with Crippen LogP contribution in [0, 0.1) is 0 Å². The Balaban J connectivity index is 3.26. The van der Waals surface area contributed by atoms with Gasteiger partial charge in [-0.3, -0.25) is 0 Å². The Kier molecular flexibility index (Phi) is 9.80. The lowest BCUT2D eigenvalue weighted by Gasteiger charge is -2.19. The lowest BCUT2D eigenvalue weighted by molar-refractivity contribution is 0.150. The van der Waals surface area contributed by atoms with Crippen molar-refractivity contribution in [2.45, 2.75) is 19.8 Å². The van der Waals surface area contributed by atoms with Crippen molar-refractivity contribution in [3.05, 3.63) is 0 Å². The number of methoxy groups -OCH3 is 1. The van der Waals surface area contributed by atoms with Gasteiger partial charge in [0.05, 0.1) is 6.61 Å². The fraction of sp³-hybridized carbons (Fsp3) is 1.00. The van der Waals surface area contributed by atoms with Gasteiger partial charge in [0.25, 0.3) is 0 Å². The summed E-state index contributed by atoms with van der Waals surface area (Å²) in [7, 11) is 1.76. The average molecular weight is 238 g/mol. The summed E-state index contributed by atoms with van der Waals surface area (Å²) in [4.78, 5) is 2.42. The summed E-state index contributed by atoms with van der Waals surface area (Å²) in [5.41, 5.74) is 0. The van der Waals surface area contributed by atoms with Crippen LogP contribution in [0.3, 0.4) is 0 Å². The summed E-state index contributed by atoms with van der Waals surface area (Å²) >= 11 is 3.43. The van der Waals surface area contributed by atoms with Gasteiger partial charge in [0, 0.05) is 19.0 Å². The molecule has 0 unspecified atom stereocenters. The van der Waals surface area contributed by atoms with Gasteiger partial charge in [-0.05, 0) is 25.9 Å². The summed E-state index contributed by atoms with van der Waals surface area (Å²) in [5, 5.41) is 1.12. The minimum absolute atomic E-state index is 0.849. The van der Waals surface area contributed by atoms with Gasteiger partial charge in [0.2, 0.25) is 0 Å². The van der Waals surface area contributed by atoms with Crippen LogP contribution in [0.25, 0.3) is 0 Å². The molecule has 0 N–H and O–H groups in total. The van der Waals surface area contributed by atoms with E-state index in [2.05, 4.69) is 27.8 Å². The highest BCUT2D eigenvalue weighted by Gasteiger charge is 1.99. The molecule has 3 heteroatoms. The normalized spacial score (nSPS) is 11.0. The van der Waals surface area contributed by atoms with Crippen LogP contribution < -0.4 is 0 Å². The molecule has 0 aromatic rings. The van der Waals surface area contributed by atoms with Crippen molar-refractivity contribution in [3.8, 4) is 0 Å². The molecule has 0 spiro atoms. The molecule has 0 atom stereocenters. The molecule has 0 fully saturated rings. The van der Waals surface area contributed by atoms with Gasteiger partial charge < -0.3 is 9.64 Å². The molecule has 0 aliphatic heterocycles. The lowest BCUT2D eigenvalue weighted by Crippen LogP contribution is -2.28. The quantitative estimate of drug-likeness (QED) is 0.474. The molecule has 0 aromatic heterocycles. The van der Waals surface area contributed by atoms with E-state index < -0.39 is 0 Å². The van der Waals surface area contributed by atoms with Gasteiger partial charge in [-0.15, -0.1) is 0 Å². The molecular formula is C9H20BrNO. The zero-order valence-corrected chi connectivity index (χ0v) is 9.77. The Morgan fingerprint density at radius 2 is 2.00 bits per heavy atom. The van der Waals surface area contributed by atoms with E-state index in [0.717, 1.165) is 25.0 Å². The van der Waals surface area contributed by atoms with Crippen molar-refractivity contribution in [3.63, 3.8) is 0 Å². The van der Waals surface area contributed by atoms with E-state index in [9.17, 15) is 0 Å². The first kappa shape index (κ1) is 12.4. The van der Waals surface area contributed by atoms with Crippen LogP contribution in [-0.2, 0) is 4.74 Å². The van der Waals surface area contributed by atoms with Crippen LogP contribution in [0.2, 0.25) is 0 Å². The van der Waals surface area contributed by atoms with Crippen LogP contribution in [0.5, 0.6) is 0 Å². The molecule has 0 amide bonds. The van der Waals surface area contributed by atoms with Gasteiger partial charge in [-0.2, -0.15) is 0 Å². The number of rotatable bonds is 8. The van der Waals surface area contributed by atoms with Crippen LogP contribution >= 0.6 is 15.9 Å². The Labute approximate surface area is 84.4 Å². The SMILES string of the molecule is CCN(CCCCBr)CCOC. The molecule has 12 heavy (non-hydrogen) atoms. The standard InChI is InChI=1S/C9H20BrNO/c1-3-11(8-9-12-2)7-5-4-6-10/h3-9H2,1-2H3. The van der Waals surface area contributed by atoms with Crippen LogP contribution in [-0.4, -0.2) is 43.6 Å². The van der Waals surface area contributed by atoms with Crippen molar-refractivity contribution in [2.24, 2.45) is 0 Å². The lowest BCUT2D eigenvalue weighted by atomic mass is 10.3. The number of hydrogen-bond acceptors (Lipinski definition) is 2.